The molecule has 3 aliphatic rings. The van der Waals surface area contributed by atoms with Gasteiger partial charge in [0.25, 0.3) is 0 Å². The van der Waals surface area contributed by atoms with Crippen molar-refractivity contribution >= 4 is 16.6 Å². The lowest BCUT2D eigenvalue weighted by molar-refractivity contribution is -0.127. The molecule has 2 bridgehead atoms. The lowest BCUT2D eigenvalue weighted by atomic mass is 9.83. The molecule has 102 valence electrons. The van der Waals surface area contributed by atoms with Crippen LogP contribution in [0.5, 0.6) is 0 Å². The Kier molecular flexibility index (Phi) is 3.88. The van der Waals surface area contributed by atoms with Crippen molar-refractivity contribution in [2.24, 2.45) is 11.8 Å². The molecule has 1 saturated carbocycles. The van der Waals surface area contributed by atoms with Crippen LogP contribution in [0.15, 0.2) is 0 Å². The fraction of sp³-hybridized carbons (Fsp3) is 0.933. The van der Waals surface area contributed by atoms with Gasteiger partial charge in [0.15, 0.2) is 0 Å². The highest BCUT2D eigenvalue weighted by Gasteiger charge is 2.43. The van der Waals surface area contributed by atoms with E-state index in [9.17, 15) is 9.00 Å². The first-order valence-corrected chi connectivity index (χ1v) is 8.96. The molecule has 3 rings (SSSR count). The molecule has 1 aliphatic carbocycles. The predicted molar refractivity (Wildman–Crippen MR) is 73.9 cm³/mol. The van der Waals surface area contributed by atoms with E-state index in [-0.39, 0.29) is 5.92 Å². The van der Waals surface area contributed by atoms with Crippen LogP contribution in [-0.2, 0) is 15.6 Å². The van der Waals surface area contributed by atoms with E-state index in [1.807, 2.05) is 0 Å². The molecule has 0 aromatic heterocycles. The van der Waals surface area contributed by atoms with Crippen LogP contribution in [0, 0.1) is 11.8 Å². The smallest absolute Gasteiger partial charge is 0.139 e. The van der Waals surface area contributed by atoms with Crippen LogP contribution in [0.3, 0.4) is 0 Å². The molecule has 2 heterocycles. The van der Waals surface area contributed by atoms with Crippen molar-refractivity contribution in [1.29, 1.82) is 0 Å². The van der Waals surface area contributed by atoms with Crippen molar-refractivity contribution < 1.29 is 9.00 Å². The van der Waals surface area contributed by atoms with E-state index in [0.29, 0.717) is 22.2 Å². The van der Waals surface area contributed by atoms with E-state index in [4.69, 9.17) is 0 Å². The maximum atomic E-state index is 12.6. The molecule has 0 radical (unpaired) electrons. The van der Waals surface area contributed by atoms with Crippen LogP contribution in [0.1, 0.15) is 64.2 Å². The van der Waals surface area contributed by atoms with Crippen molar-refractivity contribution in [1.82, 2.24) is 0 Å². The van der Waals surface area contributed by atoms with Crippen LogP contribution in [0.25, 0.3) is 0 Å². The van der Waals surface area contributed by atoms with Gasteiger partial charge >= 0.3 is 0 Å². The zero-order chi connectivity index (χ0) is 12.5. The Labute approximate surface area is 112 Å². The largest absolute Gasteiger partial charge is 0.299 e. The van der Waals surface area contributed by atoms with Gasteiger partial charge in [0.2, 0.25) is 0 Å². The number of ketones is 1. The number of fused-ring (bicyclic) bond motifs is 2. The van der Waals surface area contributed by atoms with Gasteiger partial charge in [0.1, 0.15) is 5.78 Å². The molecule has 0 amide bonds. The number of carbonyl (C=O) groups excluding carboxylic acids is 1. The molecule has 2 unspecified atom stereocenters. The van der Waals surface area contributed by atoms with Crippen molar-refractivity contribution in [3.63, 3.8) is 0 Å². The molecule has 2 atom stereocenters. The van der Waals surface area contributed by atoms with Gasteiger partial charge in [0, 0.05) is 33.1 Å². The van der Waals surface area contributed by atoms with Crippen molar-refractivity contribution in [3.8, 4) is 0 Å². The lowest BCUT2D eigenvalue weighted by Gasteiger charge is -2.28. The second-order valence-corrected chi connectivity index (χ2v) is 8.40. The first-order chi connectivity index (χ1) is 8.75. The molecule has 0 aromatic rings. The van der Waals surface area contributed by atoms with Gasteiger partial charge in [-0.05, 0) is 38.5 Å². The van der Waals surface area contributed by atoms with E-state index >= 15 is 0 Å². The molecule has 2 saturated heterocycles. The standard InChI is InChI=1S/C15H24O2S/c16-15(11-5-3-1-2-4-6-11)12-9-13-7-8-14(10-12)18(13)17/h11-14H,1-10H2. The molecule has 0 aromatic carbocycles. The van der Waals surface area contributed by atoms with E-state index < -0.39 is 10.8 Å². The molecular weight excluding hydrogens is 244 g/mol. The Bertz CT molecular complexity index is 328. The van der Waals surface area contributed by atoms with Crippen LogP contribution in [-0.4, -0.2) is 20.5 Å². The normalized spacial score (nSPS) is 41.6. The number of rotatable bonds is 2. The minimum absolute atomic E-state index is 0.253. The predicted octanol–water partition coefficient (Wildman–Crippen LogP) is 3.22. The zero-order valence-electron chi connectivity index (χ0n) is 11.1. The third-order valence-electron chi connectivity index (χ3n) is 5.22. The molecule has 3 heteroatoms. The summed E-state index contributed by atoms with van der Waals surface area (Å²) in [6.07, 6.45) is 11.4. The Balaban J connectivity index is 1.64. The van der Waals surface area contributed by atoms with Crippen LogP contribution in [0.4, 0.5) is 0 Å². The van der Waals surface area contributed by atoms with E-state index in [0.717, 1.165) is 38.5 Å². The summed E-state index contributed by atoms with van der Waals surface area (Å²) in [5, 5.41) is 0.701. The van der Waals surface area contributed by atoms with Gasteiger partial charge in [-0.1, -0.05) is 25.7 Å². The molecule has 0 spiro atoms. The highest BCUT2D eigenvalue weighted by atomic mass is 32.2. The third kappa shape index (κ3) is 2.43. The van der Waals surface area contributed by atoms with E-state index in [1.165, 1.54) is 25.7 Å². The summed E-state index contributed by atoms with van der Waals surface area (Å²) in [7, 11) is -0.616. The quantitative estimate of drug-likeness (QED) is 0.721. The summed E-state index contributed by atoms with van der Waals surface area (Å²) >= 11 is 0. The second kappa shape index (κ2) is 5.44. The van der Waals surface area contributed by atoms with E-state index in [2.05, 4.69) is 0 Å². The Morgan fingerprint density at radius 2 is 1.33 bits per heavy atom. The summed E-state index contributed by atoms with van der Waals surface area (Å²) in [6, 6.07) is 0. The number of hydrogen-bond donors (Lipinski definition) is 0. The Morgan fingerprint density at radius 3 is 1.89 bits per heavy atom. The summed E-state index contributed by atoms with van der Waals surface area (Å²) in [5.41, 5.74) is 0. The zero-order valence-corrected chi connectivity index (χ0v) is 11.9. The average molecular weight is 268 g/mol. The summed E-state index contributed by atoms with van der Waals surface area (Å²) in [6.45, 7) is 0. The molecule has 2 aliphatic heterocycles. The number of hydrogen-bond acceptors (Lipinski definition) is 2. The van der Waals surface area contributed by atoms with Crippen LogP contribution < -0.4 is 0 Å². The van der Waals surface area contributed by atoms with Crippen LogP contribution >= 0.6 is 0 Å². The fourth-order valence-corrected chi connectivity index (χ4v) is 6.29. The van der Waals surface area contributed by atoms with Gasteiger partial charge in [0.05, 0.1) is 0 Å². The first kappa shape index (κ1) is 12.8. The number of Topliss-reactive ketones (excluding diaryl/α,β-unsaturated/α-hetero) is 1. The van der Waals surface area contributed by atoms with Gasteiger partial charge < -0.3 is 0 Å². The first-order valence-electron chi connectivity index (χ1n) is 7.69. The molecule has 3 fully saturated rings. The highest BCUT2D eigenvalue weighted by molar-refractivity contribution is 7.86. The minimum Gasteiger partial charge on any atom is -0.299 e. The Morgan fingerprint density at radius 1 is 0.778 bits per heavy atom. The van der Waals surface area contributed by atoms with Gasteiger partial charge in [-0.2, -0.15) is 0 Å². The molecule has 0 N–H and O–H groups in total. The highest BCUT2D eigenvalue weighted by Crippen LogP contribution is 2.41. The van der Waals surface area contributed by atoms with E-state index in [1.54, 1.807) is 0 Å². The topological polar surface area (TPSA) is 34.1 Å². The molecule has 18 heavy (non-hydrogen) atoms. The maximum absolute atomic E-state index is 12.6. The molecular formula is C15H24O2S. The van der Waals surface area contributed by atoms with Gasteiger partial charge in [-0.25, -0.2) is 0 Å². The average Bonchev–Trinajstić information content (AvgIpc) is 2.67. The van der Waals surface area contributed by atoms with Gasteiger partial charge in [-0.15, -0.1) is 0 Å². The van der Waals surface area contributed by atoms with Crippen molar-refractivity contribution in [2.75, 3.05) is 0 Å². The lowest BCUT2D eigenvalue weighted by Crippen LogP contribution is -2.35. The monoisotopic (exact) mass is 268 g/mol. The van der Waals surface area contributed by atoms with Crippen molar-refractivity contribution in [2.45, 2.75) is 74.7 Å². The van der Waals surface area contributed by atoms with Crippen LogP contribution in [0.2, 0.25) is 0 Å². The number of carbonyl (C=O) groups is 1. The molecule has 2 nitrogen and oxygen atoms in total. The minimum atomic E-state index is -0.616. The second-order valence-electron chi connectivity index (χ2n) is 6.41. The SMILES string of the molecule is O=C(C1CCCCCC1)C1CC2CCC(C1)S2=O. The third-order valence-corrected chi connectivity index (χ3v) is 7.39. The fourth-order valence-electron chi connectivity index (χ4n) is 4.16. The van der Waals surface area contributed by atoms with Crippen molar-refractivity contribution in [3.05, 3.63) is 0 Å². The van der Waals surface area contributed by atoms with Gasteiger partial charge in [-0.3, -0.25) is 9.00 Å². The Hall–Kier alpha value is -0.180. The summed E-state index contributed by atoms with van der Waals surface area (Å²) < 4.78 is 12.0. The summed E-state index contributed by atoms with van der Waals surface area (Å²) in [4.78, 5) is 12.6. The summed E-state index contributed by atoms with van der Waals surface area (Å²) in [5.74, 6) is 1.12. The maximum Gasteiger partial charge on any atom is 0.139 e.